The Morgan fingerprint density at radius 1 is 1.29 bits per heavy atom. The molecule has 1 heterocycles. The minimum Gasteiger partial charge on any atom is -0.390 e. The van der Waals surface area contributed by atoms with Crippen molar-refractivity contribution >= 4 is 0 Å². The molecule has 1 fully saturated rings. The van der Waals surface area contributed by atoms with Gasteiger partial charge in [-0.15, -0.1) is 0 Å². The van der Waals surface area contributed by atoms with Gasteiger partial charge in [0.2, 0.25) is 0 Å². The molecule has 0 radical (unpaired) electrons. The Bertz CT molecular complexity index is 148. The highest BCUT2D eigenvalue weighted by Gasteiger charge is 2.32. The van der Waals surface area contributed by atoms with Crippen molar-refractivity contribution < 1.29 is 9.84 Å². The zero-order valence-corrected chi connectivity index (χ0v) is 9.59. The van der Waals surface area contributed by atoms with E-state index < -0.39 is 5.60 Å². The zero-order chi connectivity index (χ0) is 10.4. The van der Waals surface area contributed by atoms with E-state index >= 15 is 0 Å². The first kappa shape index (κ1) is 12.0. The maximum absolute atomic E-state index is 10.3. The van der Waals surface area contributed by atoms with Crippen LogP contribution in [0.5, 0.6) is 0 Å². The van der Waals surface area contributed by atoms with Crippen LogP contribution in [0.1, 0.15) is 52.4 Å². The van der Waals surface area contributed by atoms with Crippen LogP contribution in [0.4, 0.5) is 0 Å². The summed E-state index contributed by atoms with van der Waals surface area (Å²) in [4.78, 5) is 0. The number of ether oxygens (including phenoxy) is 1. The molecule has 2 nitrogen and oxygen atoms in total. The van der Waals surface area contributed by atoms with E-state index in [0.717, 1.165) is 38.9 Å². The fourth-order valence-corrected chi connectivity index (χ4v) is 2.26. The van der Waals surface area contributed by atoms with E-state index in [1.165, 1.54) is 12.8 Å². The molecule has 1 aliphatic rings. The van der Waals surface area contributed by atoms with Crippen molar-refractivity contribution in [2.45, 2.75) is 58.0 Å². The Labute approximate surface area is 87.7 Å². The molecule has 1 saturated heterocycles. The predicted octanol–water partition coefficient (Wildman–Crippen LogP) is 2.74. The lowest BCUT2D eigenvalue weighted by atomic mass is 9.80. The Hall–Kier alpha value is -0.0800. The van der Waals surface area contributed by atoms with Crippen LogP contribution in [0.3, 0.4) is 0 Å². The first-order valence-electron chi connectivity index (χ1n) is 5.97. The second-order valence-electron chi connectivity index (χ2n) is 4.70. The molecule has 0 aromatic rings. The summed E-state index contributed by atoms with van der Waals surface area (Å²) < 4.78 is 5.31. The Kier molecular flexibility index (Phi) is 4.90. The van der Waals surface area contributed by atoms with Gasteiger partial charge in [-0.3, -0.25) is 0 Å². The Balaban J connectivity index is 2.29. The second-order valence-corrected chi connectivity index (χ2v) is 4.70. The molecule has 1 atom stereocenters. The minimum absolute atomic E-state index is 0.452. The van der Waals surface area contributed by atoms with E-state index in [-0.39, 0.29) is 0 Å². The summed E-state index contributed by atoms with van der Waals surface area (Å²) >= 11 is 0. The first-order valence-corrected chi connectivity index (χ1v) is 5.97. The summed E-state index contributed by atoms with van der Waals surface area (Å²) in [7, 11) is 0. The van der Waals surface area contributed by atoms with Gasteiger partial charge in [-0.2, -0.15) is 0 Å². The highest BCUT2D eigenvalue weighted by molar-refractivity contribution is 4.83. The summed E-state index contributed by atoms with van der Waals surface area (Å²) in [6.07, 6.45) is 6.62. The standard InChI is InChI=1S/C12H24O2/c1-3-4-5-8-12(2,13)11-6-9-14-10-7-11/h11,13H,3-10H2,1-2H3. The predicted molar refractivity (Wildman–Crippen MR) is 58.3 cm³/mol. The second kappa shape index (κ2) is 5.72. The van der Waals surface area contributed by atoms with Crippen LogP contribution >= 0.6 is 0 Å². The summed E-state index contributed by atoms with van der Waals surface area (Å²) in [6, 6.07) is 0. The summed E-state index contributed by atoms with van der Waals surface area (Å²) in [6.45, 7) is 5.85. The van der Waals surface area contributed by atoms with E-state index in [2.05, 4.69) is 6.92 Å². The van der Waals surface area contributed by atoms with Crippen molar-refractivity contribution in [3.63, 3.8) is 0 Å². The molecule has 0 bridgehead atoms. The van der Waals surface area contributed by atoms with Crippen molar-refractivity contribution in [1.29, 1.82) is 0 Å². The molecule has 2 heteroatoms. The van der Waals surface area contributed by atoms with Crippen LogP contribution < -0.4 is 0 Å². The lowest BCUT2D eigenvalue weighted by molar-refractivity contribution is -0.0594. The van der Waals surface area contributed by atoms with Crippen molar-refractivity contribution in [2.24, 2.45) is 5.92 Å². The molecule has 0 aromatic heterocycles. The third-order valence-corrected chi connectivity index (χ3v) is 3.39. The number of rotatable bonds is 5. The summed E-state index contributed by atoms with van der Waals surface area (Å²) in [5, 5.41) is 10.3. The van der Waals surface area contributed by atoms with Crippen LogP contribution in [0, 0.1) is 5.92 Å². The van der Waals surface area contributed by atoms with Crippen molar-refractivity contribution in [2.75, 3.05) is 13.2 Å². The molecular weight excluding hydrogens is 176 g/mol. The van der Waals surface area contributed by atoms with Crippen LogP contribution in [0.25, 0.3) is 0 Å². The molecule has 1 rings (SSSR count). The quantitative estimate of drug-likeness (QED) is 0.691. The topological polar surface area (TPSA) is 29.5 Å². The molecule has 14 heavy (non-hydrogen) atoms. The zero-order valence-electron chi connectivity index (χ0n) is 9.59. The lowest BCUT2D eigenvalue weighted by Gasteiger charge is -2.35. The van der Waals surface area contributed by atoms with Gasteiger partial charge in [0.05, 0.1) is 5.60 Å². The van der Waals surface area contributed by atoms with Gasteiger partial charge < -0.3 is 9.84 Å². The van der Waals surface area contributed by atoms with Crippen LogP contribution in [0.2, 0.25) is 0 Å². The minimum atomic E-state index is -0.459. The third-order valence-electron chi connectivity index (χ3n) is 3.39. The number of hydrogen-bond acceptors (Lipinski definition) is 2. The van der Waals surface area contributed by atoms with E-state index in [1.807, 2.05) is 6.92 Å². The first-order chi connectivity index (χ1) is 6.67. The molecule has 1 aliphatic heterocycles. The molecule has 0 saturated carbocycles. The van der Waals surface area contributed by atoms with E-state index in [4.69, 9.17) is 4.74 Å². The van der Waals surface area contributed by atoms with Crippen LogP contribution in [0.15, 0.2) is 0 Å². The molecule has 84 valence electrons. The van der Waals surface area contributed by atoms with E-state index in [1.54, 1.807) is 0 Å². The van der Waals surface area contributed by atoms with Gasteiger partial charge in [0.15, 0.2) is 0 Å². The summed E-state index contributed by atoms with van der Waals surface area (Å²) in [5.41, 5.74) is -0.459. The SMILES string of the molecule is CCCCCC(C)(O)C1CCOCC1. The Morgan fingerprint density at radius 3 is 2.50 bits per heavy atom. The highest BCUT2D eigenvalue weighted by Crippen LogP contribution is 2.31. The van der Waals surface area contributed by atoms with Gasteiger partial charge in [0.25, 0.3) is 0 Å². The molecule has 0 amide bonds. The molecule has 0 aliphatic carbocycles. The van der Waals surface area contributed by atoms with E-state index in [9.17, 15) is 5.11 Å². The monoisotopic (exact) mass is 200 g/mol. The van der Waals surface area contributed by atoms with Crippen molar-refractivity contribution in [1.82, 2.24) is 0 Å². The van der Waals surface area contributed by atoms with Gasteiger partial charge in [0, 0.05) is 13.2 Å². The van der Waals surface area contributed by atoms with Gasteiger partial charge in [0.1, 0.15) is 0 Å². The fourth-order valence-electron chi connectivity index (χ4n) is 2.26. The molecular formula is C12H24O2. The average Bonchev–Trinajstić information content (AvgIpc) is 2.19. The number of hydrogen-bond donors (Lipinski definition) is 1. The highest BCUT2D eigenvalue weighted by atomic mass is 16.5. The van der Waals surface area contributed by atoms with Crippen LogP contribution in [-0.2, 0) is 4.74 Å². The van der Waals surface area contributed by atoms with Gasteiger partial charge >= 0.3 is 0 Å². The fraction of sp³-hybridized carbons (Fsp3) is 1.00. The maximum Gasteiger partial charge on any atom is 0.0649 e. The number of aliphatic hydroxyl groups is 1. The summed E-state index contributed by atoms with van der Waals surface area (Å²) in [5.74, 6) is 0.452. The smallest absolute Gasteiger partial charge is 0.0649 e. The molecule has 0 aromatic carbocycles. The lowest BCUT2D eigenvalue weighted by Crippen LogP contribution is -2.38. The molecule has 1 unspecified atom stereocenters. The van der Waals surface area contributed by atoms with Gasteiger partial charge in [-0.05, 0) is 32.1 Å². The van der Waals surface area contributed by atoms with Crippen LogP contribution in [-0.4, -0.2) is 23.9 Å². The van der Waals surface area contributed by atoms with Gasteiger partial charge in [-0.1, -0.05) is 26.2 Å². The maximum atomic E-state index is 10.3. The molecule has 0 spiro atoms. The van der Waals surface area contributed by atoms with Crippen molar-refractivity contribution in [3.8, 4) is 0 Å². The third kappa shape index (κ3) is 3.58. The largest absolute Gasteiger partial charge is 0.390 e. The number of unbranched alkanes of at least 4 members (excludes halogenated alkanes) is 2. The molecule has 1 N–H and O–H groups in total. The Morgan fingerprint density at radius 2 is 1.93 bits per heavy atom. The average molecular weight is 200 g/mol. The van der Waals surface area contributed by atoms with Gasteiger partial charge in [-0.25, -0.2) is 0 Å². The van der Waals surface area contributed by atoms with E-state index in [0.29, 0.717) is 5.92 Å². The van der Waals surface area contributed by atoms with Crippen molar-refractivity contribution in [3.05, 3.63) is 0 Å². The normalized spacial score (nSPS) is 23.4.